The lowest BCUT2D eigenvalue weighted by molar-refractivity contribution is 0.578. The lowest BCUT2D eigenvalue weighted by atomic mass is 10.0. The molecule has 19 heavy (non-hydrogen) atoms. The molecule has 0 aliphatic heterocycles. The van der Waals surface area contributed by atoms with Gasteiger partial charge in [-0.3, -0.25) is 0 Å². The quantitative estimate of drug-likeness (QED) is 0.795. The molecule has 0 heterocycles. The van der Waals surface area contributed by atoms with Crippen LogP contribution in [0.2, 0.25) is 0 Å². The zero-order valence-electron chi connectivity index (χ0n) is 11.7. The summed E-state index contributed by atoms with van der Waals surface area (Å²) >= 11 is 0. The van der Waals surface area contributed by atoms with Gasteiger partial charge in [0.1, 0.15) is 0 Å². The molecule has 3 nitrogen and oxygen atoms in total. The van der Waals surface area contributed by atoms with E-state index >= 15 is 0 Å². The monoisotopic (exact) mass is 281 g/mol. The first kappa shape index (κ1) is 15.9. The fraction of sp³-hybridized carbons (Fsp3) is 0.467. The third kappa shape index (κ3) is 6.03. The van der Waals surface area contributed by atoms with Crippen molar-refractivity contribution in [2.24, 2.45) is 0 Å². The van der Waals surface area contributed by atoms with E-state index in [1.165, 1.54) is 11.1 Å². The van der Waals surface area contributed by atoms with Gasteiger partial charge in [-0.2, -0.15) is 0 Å². The summed E-state index contributed by atoms with van der Waals surface area (Å²) in [6, 6.07) is 10.1. The number of benzene rings is 1. The summed E-state index contributed by atoms with van der Waals surface area (Å²) in [4.78, 5) is 0. The molecule has 0 amide bonds. The van der Waals surface area contributed by atoms with E-state index < -0.39 is 10.0 Å². The minimum Gasteiger partial charge on any atom is -0.215 e. The first-order valence-electron chi connectivity index (χ1n) is 6.77. The van der Waals surface area contributed by atoms with Gasteiger partial charge in [0.15, 0.2) is 0 Å². The van der Waals surface area contributed by atoms with Crippen molar-refractivity contribution in [2.45, 2.75) is 33.1 Å². The maximum atomic E-state index is 11.7. The second-order valence-corrected chi connectivity index (χ2v) is 6.42. The Labute approximate surface area is 116 Å². The third-order valence-corrected chi connectivity index (χ3v) is 4.39. The lowest BCUT2D eigenvalue weighted by Crippen LogP contribution is -2.27. The fourth-order valence-electron chi connectivity index (χ4n) is 1.89. The molecule has 0 spiro atoms. The fourth-order valence-corrected chi connectivity index (χ4v) is 3.07. The van der Waals surface area contributed by atoms with Gasteiger partial charge < -0.3 is 0 Å². The van der Waals surface area contributed by atoms with Gasteiger partial charge in [0.2, 0.25) is 10.0 Å². The molecule has 4 heteroatoms. The van der Waals surface area contributed by atoms with Crippen LogP contribution in [0.1, 0.15) is 38.7 Å². The van der Waals surface area contributed by atoms with Crippen LogP contribution in [-0.2, 0) is 10.0 Å². The van der Waals surface area contributed by atoms with Gasteiger partial charge in [-0.25, -0.2) is 13.1 Å². The predicted octanol–water partition coefficient (Wildman–Crippen LogP) is 3.20. The average Bonchev–Trinajstić information content (AvgIpc) is 2.42. The van der Waals surface area contributed by atoms with Crippen LogP contribution in [0.4, 0.5) is 0 Å². The number of sulfonamides is 1. The Morgan fingerprint density at radius 2 is 1.95 bits per heavy atom. The number of hydrogen-bond acceptors (Lipinski definition) is 2. The Hall–Kier alpha value is -1.13. The topological polar surface area (TPSA) is 46.2 Å². The molecule has 1 aromatic rings. The van der Waals surface area contributed by atoms with Gasteiger partial charge in [-0.1, -0.05) is 43.3 Å². The molecule has 1 rings (SSSR count). The number of rotatable bonds is 8. The Morgan fingerprint density at radius 3 is 2.53 bits per heavy atom. The van der Waals surface area contributed by atoms with Crippen LogP contribution in [0.5, 0.6) is 0 Å². The van der Waals surface area contributed by atoms with E-state index in [4.69, 9.17) is 0 Å². The Kier molecular flexibility index (Phi) is 6.81. The largest absolute Gasteiger partial charge is 0.215 e. The van der Waals surface area contributed by atoms with Crippen LogP contribution in [0.3, 0.4) is 0 Å². The van der Waals surface area contributed by atoms with Gasteiger partial charge in [0, 0.05) is 6.54 Å². The van der Waals surface area contributed by atoms with Crippen LogP contribution >= 0.6 is 0 Å². The zero-order valence-corrected chi connectivity index (χ0v) is 12.5. The van der Waals surface area contributed by atoms with Crippen molar-refractivity contribution in [2.75, 3.05) is 12.3 Å². The molecule has 0 fully saturated rings. The summed E-state index contributed by atoms with van der Waals surface area (Å²) in [7, 11) is -3.11. The van der Waals surface area contributed by atoms with Crippen molar-refractivity contribution in [1.82, 2.24) is 4.72 Å². The highest BCUT2D eigenvalue weighted by molar-refractivity contribution is 7.89. The van der Waals surface area contributed by atoms with Crippen LogP contribution in [0.25, 0.3) is 5.57 Å². The van der Waals surface area contributed by atoms with E-state index in [9.17, 15) is 8.42 Å². The summed E-state index contributed by atoms with van der Waals surface area (Å²) < 4.78 is 25.9. The number of allylic oxidation sites excluding steroid dienone is 2. The number of hydrogen-bond donors (Lipinski definition) is 1. The van der Waals surface area contributed by atoms with Gasteiger partial charge in [0.05, 0.1) is 5.75 Å². The molecule has 0 radical (unpaired) electrons. The van der Waals surface area contributed by atoms with Gasteiger partial charge in [-0.05, 0) is 37.3 Å². The van der Waals surface area contributed by atoms with Crippen LogP contribution in [0.15, 0.2) is 36.4 Å². The molecule has 0 saturated heterocycles. The molecule has 0 aliphatic carbocycles. The van der Waals surface area contributed by atoms with E-state index in [1.807, 2.05) is 32.0 Å². The van der Waals surface area contributed by atoms with Gasteiger partial charge in [0.25, 0.3) is 0 Å². The third-order valence-electron chi connectivity index (χ3n) is 2.92. The second kappa shape index (κ2) is 8.12. The SMILES string of the molecule is C/C=C(\CCCS(=O)(=O)NCCC)c1ccccc1. The van der Waals surface area contributed by atoms with Crippen molar-refractivity contribution < 1.29 is 8.42 Å². The summed E-state index contributed by atoms with van der Waals surface area (Å²) in [5, 5.41) is 0. The van der Waals surface area contributed by atoms with Crippen molar-refractivity contribution in [3.8, 4) is 0 Å². The van der Waals surface area contributed by atoms with E-state index in [0.29, 0.717) is 13.0 Å². The zero-order chi connectivity index (χ0) is 14.1. The minimum absolute atomic E-state index is 0.192. The summed E-state index contributed by atoms with van der Waals surface area (Å²) in [5.74, 6) is 0.192. The first-order chi connectivity index (χ1) is 9.09. The van der Waals surface area contributed by atoms with Crippen LogP contribution < -0.4 is 4.72 Å². The first-order valence-corrected chi connectivity index (χ1v) is 8.42. The van der Waals surface area contributed by atoms with Crippen molar-refractivity contribution in [3.63, 3.8) is 0 Å². The molecular formula is C15H23NO2S. The Morgan fingerprint density at radius 1 is 1.26 bits per heavy atom. The normalized spacial score (nSPS) is 12.6. The standard InChI is InChI=1S/C15H23NO2S/c1-3-12-16-19(17,18)13-8-11-14(4-2)15-9-6-5-7-10-15/h4-7,9-10,16H,3,8,11-13H2,1-2H3/b14-4+. The van der Waals surface area contributed by atoms with Crippen LogP contribution in [-0.4, -0.2) is 20.7 Å². The van der Waals surface area contributed by atoms with Crippen molar-refractivity contribution in [3.05, 3.63) is 42.0 Å². The molecular weight excluding hydrogens is 258 g/mol. The molecule has 0 unspecified atom stereocenters. The van der Waals surface area contributed by atoms with Gasteiger partial charge >= 0.3 is 0 Å². The highest BCUT2D eigenvalue weighted by Gasteiger charge is 2.09. The molecule has 0 aromatic heterocycles. The second-order valence-electron chi connectivity index (χ2n) is 4.50. The molecule has 0 bridgehead atoms. The van der Waals surface area contributed by atoms with E-state index in [-0.39, 0.29) is 5.75 Å². The van der Waals surface area contributed by atoms with Crippen LogP contribution in [0, 0.1) is 0 Å². The van der Waals surface area contributed by atoms with E-state index in [2.05, 4.69) is 22.9 Å². The molecule has 1 aromatic carbocycles. The smallest absolute Gasteiger partial charge is 0.211 e. The van der Waals surface area contributed by atoms with Gasteiger partial charge in [-0.15, -0.1) is 0 Å². The molecule has 0 atom stereocenters. The molecule has 0 saturated carbocycles. The lowest BCUT2D eigenvalue weighted by Gasteiger charge is -2.08. The van der Waals surface area contributed by atoms with Crippen molar-refractivity contribution in [1.29, 1.82) is 0 Å². The summed E-state index contributed by atoms with van der Waals surface area (Å²) in [6.07, 6.45) is 4.31. The van der Waals surface area contributed by atoms with Crippen molar-refractivity contribution >= 4 is 15.6 Å². The van der Waals surface area contributed by atoms with E-state index in [1.54, 1.807) is 0 Å². The Balaban J connectivity index is 2.48. The average molecular weight is 281 g/mol. The predicted molar refractivity (Wildman–Crippen MR) is 81.4 cm³/mol. The number of nitrogens with one attached hydrogen (secondary N) is 1. The maximum absolute atomic E-state index is 11.7. The molecule has 1 N–H and O–H groups in total. The molecule has 106 valence electrons. The van der Waals surface area contributed by atoms with E-state index in [0.717, 1.165) is 12.8 Å². The minimum atomic E-state index is -3.11. The summed E-state index contributed by atoms with van der Waals surface area (Å²) in [5.41, 5.74) is 2.37. The summed E-state index contributed by atoms with van der Waals surface area (Å²) in [6.45, 7) is 4.47. The highest BCUT2D eigenvalue weighted by atomic mass is 32.2. The molecule has 0 aliphatic rings. The maximum Gasteiger partial charge on any atom is 0.211 e. The highest BCUT2D eigenvalue weighted by Crippen LogP contribution is 2.19. The Bertz CT molecular complexity index is 492.